The first-order valence-electron chi connectivity index (χ1n) is 6.60. The highest BCUT2D eigenvalue weighted by Gasteiger charge is 2.13. The molecule has 0 aromatic heterocycles. The Hall–Kier alpha value is -0.940. The van der Waals surface area contributed by atoms with Gasteiger partial charge in [-0.2, -0.15) is 5.10 Å². The smallest absolute Gasteiger partial charge is 0.187 e. The van der Waals surface area contributed by atoms with E-state index in [1.165, 1.54) is 32.1 Å². The minimum Gasteiger partial charge on any atom is -0.359 e. The molecule has 0 heterocycles. The summed E-state index contributed by atoms with van der Waals surface area (Å²) < 4.78 is 1.02. The van der Waals surface area contributed by atoms with Crippen LogP contribution in [0.4, 0.5) is 0 Å². The highest BCUT2D eigenvalue weighted by Crippen LogP contribution is 2.17. The SMILES string of the molecule is S=C(N/N=C\c1ccccc1Br)NC1CCCCC1. The maximum atomic E-state index is 5.24. The first kappa shape index (κ1) is 14.5. The molecule has 3 nitrogen and oxygen atoms in total. The average Bonchev–Trinajstić information content (AvgIpc) is 2.42. The normalized spacial score (nSPS) is 16.5. The summed E-state index contributed by atoms with van der Waals surface area (Å²) in [5, 5.41) is 8.08. The summed E-state index contributed by atoms with van der Waals surface area (Å²) in [6.07, 6.45) is 8.10. The number of thiocarbonyl (C=S) groups is 1. The predicted molar refractivity (Wildman–Crippen MR) is 87.5 cm³/mol. The van der Waals surface area contributed by atoms with E-state index in [1.807, 2.05) is 24.3 Å². The summed E-state index contributed by atoms with van der Waals surface area (Å²) in [4.78, 5) is 0. The molecular weight excluding hydrogens is 322 g/mol. The largest absolute Gasteiger partial charge is 0.359 e. The van der Waals surface area contributed by atoms with E-state index in [1.54, 1.807) is 6.21 Å². The van der Waals surface area contributed by atoms with Crippen molar-refractivity contribution in [2.24, 2.45) is 5.10 Å². The summed E-state index contributed by atoms with van der Waals surface area (Å²) in [7, 11) is 0. The van der Waals surface area contributed by atoms with Crippen molar-refractivity contribution < 1.29 is 0 Å². The van der Waals surface area contributed by atoms with Crippen LogP contribution in [-0.2, 0) is 0 Å². The molecule has 5 heteroatoms. The molecule has 1 fully saturated rings. The van der Waals surface area contributed by atoms with E-state index in [4.69, 9.17) is 12.2 Å². The number of rotatable bonds is 3. The van der Waals surface area contributed by atoms with Gasteiger partial charge in [0.1, 0.15) is 0 Å². The lowest BCUT2D eigenvalue weighted by Crippen LogP contribution is -2.40. The van der Waals surface area contributed by atoms with Crippen molar-refractivity contribution >= 4 is 39.5 Å². The number of hydrazone groups is 1. The van der Waals surface area contributed by atoms with Crippen LogP contribution in [-0.4, -0.2) is 17.4 Å². The van der Waals surface area contributed by atoms with Crippen molar-refractivity contribution in [3.8, 4) is 0 Å². The Bertz CT molecular complexity index is 456. The molecule has 1 saturated carbocycles. The van der Waals surface area contributed by atoms with Crippen molar-refractivity contribution in [2.75, 3.05) is 0 Å². The van der Waals surface area contributed by atoms with Gasteiger partial charge in [0.2, 0.25) is 0 Å². The molecule has 0 atom stereocenters. The van der Waals surface area contributed by atoms with Gasteiger partial charge in [-0.3, -0.25) is 5.43 Å². The van der Waals surface area contributed by atoms with Gasteiger partial charge < -0.3 is 5.32 Å². The van der Waals surface area contributed by atoms with Crippen LogP contribution in [0.3, 0.4) is 0 Å². The zero-order valence-electron chi connectivity index (χ0n) is 10.7. The standard InChI is InChI=1S/C14H18BrN3S/c15-13-9-5-4-6-11(13)10-16-18-14(19)17-12-7-2-1-3-8-12/h4-6,9-10,12H,1-3,7-8H2,(H2,17,18,19)/b16-10-. The second kappa shape index (κ2) is 7.60. The summed E-state index contributed by atoms with van der Waals surface area (Å²) in [6.45, 7) is 0. The first-order valence-corrected chi connectivity index (χ1v) is 7.80. The van der Waals surface area contributed by atoms with Gasteiger partial charge in [0.15, 0.2) is 5.11 Å². The fraction of sp³-hybridized carbons (Fsp3) is 0.429. The number of hydrogen-bond acceptors (Lipinski definition) is 2. The molecule has 0 amide bonds. The fourth-order valence-corrected chi connectivity index (χ4v) is 2.81. The van der Waals surface area contributed by atoms with Crippen molar-refractivity contribution in [1.29, 1.82) is 0 Å². The fourth-order valence-electron chi connectivity index (χ4n) is 2.20. The predicted octanol–water partition coefficient (Wildman–Crippen LogP) is 3.58. The lowest BCUT2D eigenvalue weighted by molar-refractivity contribution is 0.412. The van der Waals surface area contributed by atoms with E-state index in [0.29, 0.717) is 11.2 Å². The maximum Gasteiger partial charge on any atom is 0.187 e. The van der Waals surface area contributed by atoms with E-state index in [9.17, 15) is 0 Å². The summed E-state index contributed by atoms with van der Waals surface area (Å²) in [6, 6.07) is 8.44. The van der Waals surface area contributed by atoms with Crippen LogP contribution in [0.15, 0.2) is 33.8 Å². The zero-order chi connectivity index (χ0) is 13.5. The van der Waals surface area contributed by atoms with Crippen LogP contribution in [0.5, 0.6) is 0 Å². The van der Waals surface area contributed by atoms with E-state index in [-0.39, 0.29) is 0 Å². The molecule has 2 N–H and O–H groups in total. The van der Waals surface area contributed by atoms with Crippen LogP contribution in [0.1, 0.15) is 37.7 Å². The molecule has 0 bridgehead atoms. The van der Waals surface area contributed by atoms with Crippen molar-refractivity contribution in [3.05, 3.63) is 34.3 Å². The van der Waals surface area contributed by atoms with Gasteiger partial charge in [0.05, 0.1) is 6.21 Å². The third-order valence-corrected chi connectivity index (χ3v) is 4.15. The summed E-state index contributed by atoms with van der Waals surface area (Å²) in [5.74, 6) is 0. The Morgan fingerprint density at radius 2 is 2.00 bits per heavy atom. The van der Waals surface area contributed by atoms with Gasteiger partial charge in [-0.25, -0.2) is 0 Å². The molecule has 0 unspecified atom stereocenters. The molecule has 1 aromatic rings. The Morgan fingerprint density at radius 3 is 2.74 bits per heavy atom. The number of nitrogens with zero attached hydrogens (tertiary/aromatic N) is 1. The van der Waals surface area contributed by atoms with Crippen molar-refractivity contribution in [2.45, 2.75) is 38.1 Å². The molecule has 0 radical (unpaired) electrons. The molecule has 1 aliphatic rings. The van der Waals surface area contributed by atoms with Crippen LogP contribution < -0.4 is 10.7 Å². The molecule has 0 saturated heterocycles. The number of benzene rings is 1. The second-order valence-electron chi connectivity index (χ2n) is 4.70. The van der Waals surface area contributed by atoms with E-state index in [2.05, 4.69) is 31.8 Å². The van der Waals surface area contributed by atoms with Crippen molar-refractivity contribution in [1.82, 2.24) is 10.7 Å². The van der Waals surface area contributed by atoms with E-state index >= 15 is 0 Å². The second-order valence-corrected chi connectivity index (χ2v) is 5.96. The Labute approximate surface area is 128 Å². The van der Waals surface area contributed by atoms with E-state index < -0.39 is 0 Å². The summed E-state index contributed by atoms with van der Waals surface area (Å²) >= 11 is 8.71. The van der Waals surface area contributed by atoms with Crippen LogP contribution >= 0.6 is 28.1 Å². The lowest BCUT2D eigenvalue weighted by Gasteiger charge is -2.23. The summed E-state index contributed by atoms with van der Waals surface area (Å²) in [5.41, 5.74) is 3.90. The molecule has 0 aliphatic heterocycles. The van der Waals surface area contributed by atoms with Gasteiger partial charge in [-0.05, 0) is 31.1 Å². The topological polar surface area (TPSA) is 36.4 Å². The highest BCUT2D eigenvalue weighted by atomic mass is 79.9. The molecule has 1 aromatic carbocycles. The maximum absolute atomic E-state index is 5.24. The van der Waals surface area contributed by atoms with Gasteiger partial charge in [0, 0.05) is 16.1 Å². The van der Waals surface area contributed by atoms with E-state index in [0.717, 1.165) is 10.0 Å². The number of nitrogens with one attached hydrogen (secondary N) is 2. The molecule has 0 spiro atoms. The molecular formula is C14H18BrN3S. The third kappa shape index (κ3) is 4.91. The highest BCUT2D eigenvalue weighted by molar-refractivity contribution is 9.10. The van der Waals surface area contributed by atoms with Crippen LogP contribution in [0.25, 0.3) is 0 Å². The molecule has 19 heavy (non-hydrogen) atoms. The van der Waals surface area contributed by atoms with Crippen LogP contribution in [0, 0.1) is 0 Å². The average molecular weight is 340 g/mol. The molecule has 2 rings (SSSR count). The van der Waals surface area contributed by atoms with Gasteiger partial charge >= 0.3 is 0 Å². The lowest BCUT2D eigenvalue weighted by atomic mass is 9.96. The van der Waals surface area contributed by atoms with Gasteiger partial charge in [-0.1, -0.05) is 53.4 Å². The first-order chi connectivity index (χ1) is 9.25. The zero-order valence-corrected chi connectivity index (χ0v) is 13.1. The Morgan fingerprint density at radius 1 is 1.26 bits per heavy atom. The number of halogens is 1. The molecule has 102 valence electrons. The quantitative estimate of drug-likeness (QED) is 0.502. The Kier molecular flexibility index (Phi) is 5.79. The van der Waals surface area contributed by atoms with Crippen LogP contribution in [0.2, 0.25) is 0 Å². The molecule has 1 aliphatic carbocycles. The third-order valence-electron chi connectivity index (χ3n) is 3.22. The monoisotopic (exact) mass is 339 g/mol. The Balaban J connectivity index is 1.78. The van der Waals surface area contributed by atoms with Gasteiger partial charge in [0.25, 0.3) is 0 Å². The minimum absolute atomic E-state index is 0.507. The van der Waals surface area contributed by atoms with Gasteiger partial charge in [-0.15, -0.1) is 0 Å². The number of hydrogen-bond donors (Lipinski definition) is 2. The van der Waals surface area contributed by atoms with Crippen molar-refractivity contribution in [3.63, 3.8) is 0 Å². The minimum atomic E-state index is 0.507.